The first-order chi connectivity index (χ1) is 15.7. The zero-order valence-electron chi connectivity index (χ0n) is 18.3. The lowest BCUT2D eigenvalue weighted by atomic mass is 9.95. The summed E-state index contributed by atoms with van der Waals surface area (Å²) in [4.78, 5) is 29.9. The van der Waals surface area contributed by atoms with E-state index in [9.17, 15) is 9.59 Å². The molecular formula is C26H29N3O3. The molecule has 0 saturated carbocycles. The molecule has 6 nitrogen and oxygen atoms in total. The monoisotopic (exact) mass is 431 g/mol. The highest BCUT2D eigenvalue weighted by molar-refractivity contribution is 5.89. The quantitative estimate of drug-likeness (QED) is 0.636. The van der Waals surface area contributed by atoms with E-state index < -0.39 is 0 Å². The number of amides is 2. The lowest BCUT2D eigenvalue weighted by molar-refractivity contribution is -0.143. The number of aromatic nitrogens is 1. The van der Waals surface area contributed by atoms with Gasteiger partial charge in [-0.1, -0.05) is 48.5 Å². The second-order valence-electron chi connectivity index (χ2n) is 8.63. The Labute approximate surface area is 188 Å². The van der Waals surface area contributed by atoms with E-state index >= 15 is 0 Å². The molecule has 0 radical (unpaired) electrons. The maximum absolute atomic E-state index is 13.3. The molecule has 1 aromatic heterocycles. The molecule has 3 aromatic rings. The maximum Gasteiger partial charge on any atom is 0.242 e. The molecule has 5 rings (SSSR count). The van der Waals surface area contributed by atoms with Crippen LogP contribution in [0.15, 0.2) is 60.7 Å². The van der Waals surface area contributed by atoms with Crippen molar-refractivity contribution in [1.82, 2.24) is 14.4 Å². The van der Waals surface area contributed by atoms with Crippen LogP contribution in [0.3, 0.4) is 0 Å². The van der Waals surface area contributed by atoms with E-state index in [1.165, 1.54) is 0 Å². The number of carbonyl (C=O) groups is 2. The molecule has 32 heavy (non-hydrogen) atoms. The zero-order valence-corrected chi connectivity index (χ0v) is 18.3. The zero-order chi connectivity index (χ0) is 21.9. The first-order valence-electron chi connectivity index (χ1n) is 11.5. The first-order valence-corrected chi connectivity index (χ1v) is 11.5. The Balaban J connectivity index is 1.29. The van der Waals surface area contributed by atoms with Crippen molar-refractivity contribution in [2.45, 2.75) is 19.4 Å². The first kappa shape index (κ1) is 20.8. The van der Waals surface area contributed by atoms with Crippen molar-refractivity contribution < 1.29 is 14.3 Å². The number of carbonyl (C=O) groups excluding carboxylic acids is 2. The summed E-state index contributed by atoms with van der Waals surface area (Å²) >= 11 is 0. The number of para-hydroxylation sites is 1. The number of benzene rings is 2. The predicted octanol–water partition coefficient (Wildman–Crippen LogP) is 3.41. The third kappa shape index (κ3) is 4.15. The standard InChI is InChI=1S/C26H29N3O3/c30-25(27-12-10-21(11-13-27)26(31)28-14-16-32-17-15-28)19-29-23-9-5-4-8-22(23)18-24(29)20-6-2-1-3-7-20/h1-9,18,21H,10-17,19H2. The van der Waals surface area contributed by atoms with Crippen molar-refractivity contribution in [3.63, 3.8) is 0 Å². The topological polar surface area (TPSA) is 54.8 Å². The van der Waals surface area contributed by atoms with Gasteiger partial charge in [0.25, 0.3) is 0 Å². The molecule has 0 spiro atoms. The fourth-order valence-corrected chi connectivity index (χ4v) is 4.88. The highest BCUT2D eigenvalue weighted by atomic mass is 16.5. The lowest BCUT2D eigenvalue weighted by Gasteiger charge is -2.35. The third-order valence-electron chi connectivity index (χ3n) is 6.69. The summed E-state index contributed by atoms with van der Waals surface area (Å²) in [7, 11) is 0. The van der Waals surface area contributed by atoms with E-state index in [0.29, 0.717) is 45.9 Å². The number of nitrogens with zero attached hydrogens (tertiary/aromatic N) is 3. The van der Waals surface area contributed by atoms with E-state index in [-0.39, 0.29) is 17.7 Å². The molecule has 2 saturated heterocycles. The van der Waals surface area contributed by atoms with E-state index in [0.717, 1.165) is 35.0 Å². The fourth-order valence-electron chi connectivity index (χ4n) is 4.88. The third-order valence-corrected chi connectivity index (χ3v) is 6.69. The molecule has 166 valence electrons. The molecule has 0 atom stereocenters. The van der Waals surface area contributed by atoms with Crippen molar-refractivity contribution >= 4 is 22.7 Å². The highest BCUT2D eigenvalue weighted by Gasteiger charge is 2.31. The molecule has 2 fully saturated rings. The number of fused-ring (bicyclic) bond motifs is 1. The molecule has 2 aliphatic rings. The van der Waals surface area contributed by atoms with Crippen LogP contribution in [-0.2, 0) is 20.9 Å². The van der Waals surface area contributed by atoms with Gasteiger partial charge in [-0.25, -0.2) is 0 Å². The van der Waals surface area contributed by atoms with Crippen molar-refractivity contribution in [3.05, 3.63) is 60.7 Å². The van der Waals surface area contributed by atoms with Crippen LogP contribution in [0.4, 0.5) is 0 Å². The minimum atomic E-state index is 0.0180. The largest absolute Gasteiger partial charge is 0.378 e. The number of rotatable bonds is 4. The summed E-state index contributed by atoms with van der Waals surface area (Å²) in [6.07, 6.45) is 1.47. The Bertz CT molecular complexity index is 1090. The summed E-state index contributed by atoms with van der Waals surface area (Å²) in [5.41, 5.74) is 3.22. The molecule has 3 heterocycles. The van der Waals surface area contributed by atoms with E-state index in [1.54, 1.807) is 0 Å². The molecule has 6 heteroatoms. The number of likely N-dealkylation sites (tertiary alicyclic amines) is 1. The minimum absolute atomic E-state index is 0.0180. The summed E-state index contributed by atoms with van der Waals surface area (Å²) in [5, 5.41) is 1.13. The van der Waals surface area contributed by atoms with Crippen LogP contribution in [-0.4, -0.2) is 65.6 Å². The van der Waals surface area contributed by atoms with Gasteiger partial charge in [-0.2, -0.15) is 0 Å². The van der Waals surface area contributed by atoms with Gasteiger partial charge in [0.1, 0.15) is 6.54 Å². The van der Waals surface area contributed by atoms with Gasteiger partial charge in [-0.05, 0) is 30.5 Å². The van der Waals surface area contributed by atoms with Gasteiger partial charge in [0.15, 0.2) is 0 Å². The molecule has 0 N–H and O–H groups in total. The van der Waals surface area contributed by atoms with E-state index in [4.69, 9.17) is 4.74 Å². The van der Waals surface area contributed by atoms with E-state index in [2.05, 4.69) is 34.9 Å². The summed E-state index contributed by atoms with van der Waals surface area (Å²) in [5.74, 6) is 0.355. The van der Waals surface area contributed by atoms with Crippen molar-refractivity contribution in [3.8, 4) is 11.3 Å². The normalized spacial score (nSPS) is 17.6. The number of hydrogen-bond acceptors (Lipinski definition) is 3. The van der Waals surface area contributed by atoms with Gasteiger partial charge in [0, 0.05) is 48.7 Å². The maximum atomic E-state index is 13.3. The molecule has 2 amide bonds. The Morgan fingerprint density at radius 1 is 0.844 bits per heavy atom. The molecule has 2 aliphatic heterocycles. The summed E-state index contributed by atoms with van der Waals surface area (Å²) < 4.78 is 7.48. The molecule has 0 aliphatic carbocycles. The number of hydrogen-bond donors (Lipinski definition) is 0. The second-order valence-corrected chi connectivity index (χ2v) is 8.63. The van der Waals surface area contributed by atoms with Crippen LogP contribution in [0.1, 0.15) is 12.8 Å². The Morgan fingerprint density at radius 2 is 1.53 bits per heavy atom. The van der Waals surface area contributed by atoms with Crippen molar-refractivity contribution in [2.75, 3.05) is 39.4 Å². The van der Waals surface area contributed by atoms with Crippen LogP contribution in [0.5, 0.6) is 0 Å². The van der Waals surface area contributed by atoms with Gasteiger partial charge in [0.05, 0.1) is 13.2 Å². The fraction of sp³-hybridized carbons (Fsp3) is 0.385. The van der Waals surface area contributed by atoms with E-state index in [1.807, 2.05) is 40.1 Å². The minimum Gasteiger partial charge on any atom is -0.378 e. The predicted molar refractivity (Wildman–Crippen MR) is 124 cm³/mol. The Morgan fingerprint density at radius 3 is 2.28 bits per heavy atom. The second kappa shape index (κ2) is 9.17. The molecule has 2 aromatic carbocycles. The van der Waals surface area contributed by atoms with Crippen LogP contribution >= 0.6 is 0 Å². The average molecular weight is 432 g/mol. The lowest BCUT2D eigenvalue weighted by Crippen LogP contribution is -2.48. The van der Waals surface area contributed by atoms with Gasteiger partial charge in [-0.3, -0.25) is 9.59 Å². The van der Waals surface area contributed by atoms with Gasteiger partial charge < -0.3 is 19.1 Å². The number of morpholine rings is 1. The van der Waals surface area contributed by atoms with Gasteiger partial charge in [0.2, 0.25) is 11.8 Å². The molecule has 0 unspecified atom stereocenters. The van der Waals surface area contributed by atoms with Crippen LogP contribution in [0.2, 0.25) is 0 Å². The SMILES string of the molecule is O=C(Cn1c(-c2ccccc2)cc2ccccc21)N1CCC(C(=O)N2CCOCC2)CC1. The van der Waals surface area contributed by atoms with Crippen LogP contribution in [0, 0.1) is 5.92 Å². The summed E-state index contributed by atoms with van der Waals surface area (Å²) in [6, 6.07) is 20.6. The van der Waals surface area contributed by atoms with Gasteiger partial charge >= 0.3 is 0 Å². The van der Waals surface area contributed by atoms with Crippen LogP contribution < -0.4 is 0 Å². The summed E-state index contributed by atoms with van der Waals surface area (Å²) in [6.45, 7) is 4.19. The number of ether oxygens (including phenoxy) is 1. The molecule has 0 bridgehead atoms. The van der Waals surface area contributed by atoms with Gasteiger partial charge in [-0.15, -0.1) is 0 Å². The average Bonchev–Trinajstić information content (AvgIpc) is 3.23. The smallest absolute Gasteiger partial charge is 0.242 e. The highest BCUT2D eigenvalue weighted by Crippen LogP contribution is 2.29. The Kier molecular flexibility index (Phi) is 5.95. The van der Waals surface area contributed by atoms with Crippen LogP contribution in [0.25, 0.3) is 22.2 Å². The number of piperidine rings is 1. The molecular weight excluding hydrogens is 402 g/mol. The Hall–Kier alpha value is -3.12. The van der Waals surface area contributed by atoms with Crippen molar-refractivity contribution in [1.29, 1.82) is 0 Å². The van der Waals surface area contributed by atoms with Crippen molar-refractivity contribution in [2.24, 2.45) is 5.92 Å².